The van der Waals surface area contributed by atoms with E-state index in [-0.39, 0.29) is 11.4 Å². The van der Waals surface area contributed by atoms with E-state index in [1.165, 1.54) is 0 Å². The summed E-state index contributed by atoms with van der Waals surface area (Å²) >= 11 is 0. The van der Waals surface area contributed by atoms with Crippen LogP contribution in [-0.2, 0) is 23.6 Å². The molecule has 0 aliphatic rings. The molecular weight excluding hydrogens is 276 g/mol. The molecule has 1 aromatic heterocycles. The zero-order valence-corrected chi connectivity index (χ0v) is 12.5. The second-order valence-corrected chi connectivity index (χ2v) is 6.44. The van der Waals surface area contributed by atoms with Gasteiger partial charge in [-0.2, -0.15) is 5.10 Å². The molecular formula is C13H18N4O2S. The van der Waals surface area contributed by atoms with Crippen molar-refractivity contribution in [1.29, 1.82) is 0 Å². The molecule has 3 N–H and O–H groups in total. The summed E-state index contributed by atoms with van der Waals surface area (Å²) in [5.74, 6) is 0. The molecule has 0 fully saturated rings. The number of anilines is 1. The Labute approximate surface area is 118 Å². The molecule has 20 heavy (non-hydrogen) atoms. The van der Waals surface area contributed by atoms with E-state index in [4.69, 9.17) is 5.73 Å². The molecule has 6 nitrogen and oxygen atoms in total. The lowest BCUT2D eigenvalue weighted by Gasteiger charge is -2.10. The quantitative estimate of drug-likeness (QED) is 0.826. The molecule has 7 heteroatoms. The molecule has 0 aliphatic heterocycles. The van der Waals surface area contributed by atoms with Gasteiger partial charge in [-0.3, -0.25) is 4.68 Å². The number of hydrogen-bond acceptors (Lipinski definition) is 4. The Kier molecular flexibility index (Phi) is 3.82. The van der Waals surface area contributed by atoms with Gasteiger partial charge in [-0.05, 0) is 31.5 Å². The van der Waals surface area contributed by atoms with Gasteiger partial charge in [0.1, 0.15) is 0 Å². The first-order valence-electron chi connectivity index (χ1n) is 6.15. The first-order chi connectivity index (χ1) is 9.31. The van der Waals surface area contributed by atoms with Crippen molar-refractivity contribution in [3.63, 3.8) is 0 Å². The summed E-state index contributed by atoms with van der Waals surface area (Å²) in [6.45, 7) is 3.74. The fraction of sp³-hybridized carbons (Fsp3) is 0.308. The van der Waals surface area contributed by atoms with Gasteiger partial charge in [0.15, 0.2) is 0 Å². The molecule has 0 bridgehead atoms. The maximum absolute atomic E-state index is 12.3. The van der Waals surface area contributed by atoms with Gasteiger partial charge in [0.25, 0.3) is 0 Å². The monoisotopic (exact) mass is 294 g/mol. The van der Waals surface area contributed by atoms with Gasteiger partial charge in [0, 0.05) is 31.0 Å². The van der Waals surface area contributed by atoms with Gasteiger partial charge < -0.3 is 5.73 Å². The number of benzene rings is 1. The summed E-state index contributed by atoms with van der Waals surface area (Å²) in [7, 11) is -1.79. The molecule has 0 amide bonds. The summed E-state index contributed by atoms with van der Waals surface area (Å²) in [4.78, 5) is 0.207. The molecule has 108 valence electrons. The minimum atomic E-state index is -3.59. The highest BCUT2D eigenvalue weighted by atomic mass is 32.2. The van der Waals surface area contributed by atoms with Crippen LogP contribution in [0.1, 0.15) is 16.8 Å². The van der Waals surface area contributed by atoms with Gasteiger partial charge in [-0.15, -0.1) is 0 Å². The summed E-state index contributed by atoms with van der Waals surface area (Å²) < 4.78 is 28.8. The number of aryl methyl sites for hydroxylation is 2. The van der Waals surface area contributed by atoms with Crippen LogP contribution >= 0.6 is 0 Å². The molecule has 0 aliphatic carbocycles. The van der Waals surface area contributed by atoms with Crippen molar-refractivity contribution in [2.24, 2.45) is 7.05 Å². The van der Waals surface area contributed by atoms with E-state index in [9.17, 15) is 8.42 Å². The minimum absolute atomic E-state index is 0.205. The van der Waals surface area contributed by atoms with Gasteiger partial charge in [-0.1, -0.05) is 6.07 Å². The van der Waals surface area contributed by atoms with Crippen molar-refractivity contribution >= 4 is 15.7 Å². The molecule has 1 aromatic carbocycles. The SMILES string of the molecule is Cc1nn(C)cc1CNS(=O)(=O)c1cccc(N)c1C. The van der Waals surface area contributed by atoms with Crippen molar-refractivity contribution in [2.45, 2.75) is 25.3 Å². The predicted octanol–water partition coefficient (Wildman–Crippen LogP) is 1.10. The van der Waals surface area contributed by atoms with Crippen LogP contribution in [0.2, 0.25) is 0 Å². The Bertz CT molecular complexity index is 735. The van der Waals surface area contributed by atoms with Crippen LogP contribution in [0, 0.1) is 13.8 Å². The third-order valence-electron chi connectivity index (χ3n) is 3.18. The number of nitrogen functional groups attached to an aromatic ring is 1. The average Bonchev–Trinajstić information content (AvgIpc) is 2.69. The molecule has 0 unspecified atom stereocenters. The zero-order chi connectivity index (χ0) is 14.9. The van der Waals surface area contributed by atoms with Gasteiger partial charge >= 0.3 is 0 Å². The van der Waals surface area contributed by atoms with Crippen molar-refractivity contribution in [3.05, 3.63) is 41.2 Å². The van der Waals surface area contributed by atoms with Crippen molar-refractivity contribution in [3.8, 4) is 0 Å². The average molecular weight is 294 g/mol. The third-order valence-corrected chi connectivity index (χ3v) is 4.73. The van der Waals surface area contributed by atoms with Crippen molar-refractivity contribution in [1.82, 2.24) is 14.5 Å². The van der Waals surface area contributed by atoms with E-state index in [0.717, 1.165) is 11.3 Å². The highest BCUT2D eigenvalue weighted by molar-refractivity contribution is 7.89. The van der Waals surface area contributed by atoms with Gasteiger partial charge in [0.2, 0.25) is 10.0 Å². The number of nitrogens with one attached hydrogen (secondary N) is 1. The van der Waals surface area contributed by atoms with Crippen molar-refractivity contribution in [2.75, 3.05) is 5.73 Å². The lowest BCUT2D eigenvalue weighted by molar-refractivity contribution is 0.580. The van der Waals surface area contributed by atoms with Crippen LogP contribution in [0.3, 0.4) is 0 Å². The summed E-state index contributed by atoms with van der Waals surface area (Å²) in [5.41, 5.74) is 8.42. The van der Waals surface area contributed by atoms with Gasteiger partial charge in [-0.25, -0.2) is 13.1 Å². The highest BCUT2D eigenvalue weighted by Gasteiger charge is 2.18. The lowest BCUT2D eigenvalue weighted by atomic mass is 10.2. The Morgan fingerprint density at radius 2 is 2.05 bits per heavy atom. The van der Waals surface area contributed by atoms with Crippen LogP contribution in [0.4, 0.5) is 5.69 Å². The van der Waals surface area contributed by atoms with E-state index < -0.39 is 10.0 Å². The summed E-state index contributed by atoms with van der Waals surface area (Å²) in [6, 6.07) is 4.86. The minimum Gasteiger partial charge on any atom is -0.398 e. The Hall–Kier alpha value is -1.86. The van der Waals surface area contributed by atoms with Crippen LogP contribution in [-0.4, -0.2) is 18.2 Å². The first-order valence-corrected chi connectivity index (χ1v) is 7.63. The maximum Gasteiger partial charge on any atom is 0.241 e. The molecule has 0 spiro atoms. The molecule has 0 saturated heterocycles. The highest BCUT2D eigenvalue weighted by Crippen LogP contribution is 2.20. The molecule has 2 rings (SSSR count). The second-order valence-electron chi connectivity index (χ2n) is 4.71. The smallest absolute Gasteiger partial charge is 0.241 e. The normalized spacial score (nSPS) is 11.8. The number of aromatic nitrogens is 2. The third kappa shape index (κ3) is 2.83. The van der Waals surface area contributed by atoms with Crippen LogP contribution < -0.4 is 10.5 Å². The second kappa shape index (κ2) is 5.26. The Morgan fingerprint density at radius 3 is 2.65 bits per heavy atom. The Morgan fingerprint density at radius 1 is 1.35 bits per heavy atom. The van der Waals surface area contributed by atoms with E-state index in [0.29, 0.717) is 11.3 Å². The molecule has 0 radical (unpaired) electrons. The first kappa shape index (κ1) is 14.5. The van der Waals surface area contributed by atoms with Crippen molar-refractivity contribution < 1.29 is 8.42 Å². The topological polar surface area (TPSA) is 90.0 Å². The van der Waals surface area contributed by atoms with Crippen LogP contribution in [0.25, 0.3) is 0 Å². The van der Waals surface area contributed by atoms with E-state index >= 15 is 0 Å². The van der Waals surface area contributed by atoms with E-state index in [1.54, 1.807) is 43.0 Å². The zero-order valence-electron chi connectivity index (χ0n) is 11.7. The standard InChI is InChI=1S/C13H18N4O2S/c1-9-12(14)5-4-6-13(9)20(18,19)15-7-11-8-17(3)16-10(11)2/h4-6,8,15H,7,14H2,1-3H3. The number of rotatable bonds is 4. The predicted molar refractivity (Wildman–Crippen MR) is 77.6 cm³/mol. The van der Waals surface area contributed by atoms with Crippen LogP contribution in [0.15, 0.2) is 29.3 Å². The molecule has 2 aromatic rings. The fourth-order valence-corrected chi connectivity index (χ4v) is 3.27. The molecule has 0 atom stereocenters. The number of nitrogens with zero attached hydrogens (tertiary/aromatic N) is 2. The lowest BCUT2D eigenvalue weighted by Crippen LogP contribution is -2.24. The van der Waals surface area contributed by atoms with E-state index in [2.05, 4.69) is 9.82 Å². The molecule has 1 heterocycles. The van der Waals surface area contributed by atoms with Crippen LogP contribution in [0.5, 0.6) is 0 Å². The molecule has 0 saturated carbocycles. The maximum atomic E-state index is 12.3. The van der Waals surface area contributed by atoms with E-state index in [1.807, 2.05) is 6.92 Å². The fourth-order valence-electron chi connectivity index (χ4n) is 2.00. The number of hydrogen-bond donors (Lipinski definition) is 2. The van der Waals surface area contributed by atoms with Gasteiger partial charge in [0.05, 0.1) is 10.6 Å². The largest absolute Gasteiger partial charge is 0.398 e. The number of sulfonamides is 1. The Balaban J connectivity index is 2.24. The summed E-state index contributed by atoms with van der Waals surface area (Å²) in [5, 5.41) is 4.18. The number of nitrogens with two attached hydrogens (primary N) is 1. The summed E-state index contributed by atoms with van der Waals surface area (Å²) in [6.07, 6.45) is 1.80.